The Bertz CT molecular complexity index is 703. The van der Waals surface area contributed by atoms with E-state index >= 15 is 0 Å². The van der Waals surface area contributed by atoms with Gasteiger partial charge in [0.1, 0.15) is 5.69 Å². The van der Waals surface area contributed by atoms with Crippen molar-refractivity contribution < 1.29 is 14.5 Å². The number of pyridine rings is 1. The third kappa shape index (κ3) is 2.79. The molecule has 2 aromatic rings. The minimum absolute atomic E-state index is 0.0692. The quantitative estimate of drug-likeness (QED) is 0.453. The average molecular weight is 313 g/mol. The van der Waals surface area contributed by atoms with Gasteiger partial charge in [0.25, 0.3) is 5.69 Å². The van der Waals surface area contributed by atoms with Gasteiger partial charge in [0.05, 0.1) is 17.1 Å². The van der Waals surface area contributed by atoms with Gasteiger partial charge in [0.15, 0.2) is 11.7 Å². The summed E-state index contributed by atoms with van der Waals surface area (Å²) < 4.78 is 5.88. The Morgan fingerprint density at radius 1 is 1.57 bits per heavy atom. The van der Waals surface area contributed by atoms with Crippen LogP contribution in [0.15, 0.2) is 12.3 Å². The van der Waals surface area contributed by atoms with Crippen molar-refractivity contribution in [3.8, 4) is 0 Å². The highest BCUT2D eigenvalue weighted by atomic mass is 35.5. The van der Waals surface area contributed by atoms with Crippen molar-refractivity contribution in [3.63, 3.8) is 0 Å². The third-order valence-corrected chi connectivity index (χ3v) is 2.89. The van der Waals surface area contributed by atoms with Crippen LogP contribution in [0.3, 0.4) is 0 Å². The number of aromatic nitrogens is 5. The number of nitro groups is 1. The number of carbonyl (C=O) groups is 1. The fraction of sp³-hybridized carbons (Fsp3) is 0.300. The molecule has 1 unspecified atom stereocenters. The molecule has 0 aromatic carbocycles. The molecule has 0 spiro atoms. The molecule has 0 saturated carbocycles. The van der Waals surface area contributed by atoms with Gasteiger partial charge in [-0.15, -0.1) is 5.10 Å². The van der Waals surface area contributed by atoms with Gasteiger partial charge in [-0.25, -0.2) is 4.68 Å². The Morgan fingerprint density at radius 2 is 2.29 bits per heavy atom. The van der Waals surface area contributed by atoms with Crippen LogP contribution in [0.2, 0.25) is 5.02 Å². The van der Waals surface area contributed by atoms with Gasteiger partial charge in [0.2, 0.25) is 0 Å². The third-order valence-electron chi connectivity index (χ3n) is 2.68. The number of ether oxygens (including phenoxy) is 1. The Hall–Kier alpha value is -2.62. The maximum atomic E-state index is 12.0. The van der Waals surface area contributed by atoms with Crippen LogP contribution in [0.1, 0.15) is 17.4 Å². The van der Waals surface area contributed by atoms with E-state index in [-0.39, 0.29) is 16.5 Å². The smallest absolute Gasteiger partial charge is 0.322 e. The van der Waals surface area contributed by atoms with E-state index in [1.165, 1.54) is 17.9 Å². The Kier molecular flexibility index (Phi) is 4.08. The van der Waals surface area contributed by atoms with E-state index in [9.17, 15) is 14.9 Å². The first-order valence-electron chi connectivity index (χ1n) is 5.55. The fourth-order valence-electron chi connectivity index (χ4n) is 1.75. The van der Waals surface area contributed by atoms with Gasteiger partial charge in [-0.1, -0.05) is 11.6 Å². The summed E-state index contributed by atoms with van der Waals surface area (Å²) in [6.07, 6.45) is 1.20. The number of methoxy groups -OCH3 is 1. The van der Waals surface area contributed by atoms with Gasteiger partial charge in [-0.05, 0) is 10.4 Å². The first kappa shape index (κ1) is 14.8. The average Bonchev–Trinajstić information content (AvgIpc) is 2.86. The van der Waals surface area contributed by atoms with Gasteiger partial charge < -0.3 is 4.74 Å². The molecule has 0 aliphatic heterocycles. The molecule has 11 heteroatoms. The fourth-order valence-corrected chi connectivity index (χ4v) is 1.90. The Balaban J connectivity index is 2.66. The molecule has 0 fully saturated rings. The van der Waals surface area contributed by atoms with Gasteiger partial charge in [-0.3, -0.25) is 19.9 Å². The van der Waals surface area contributed by atoms with E-state index in [4.69, 9.17) is 11.6 Å². The van der Waals surface area contributed by atoms with Crippen molar-refractivity contribution in [3.05, 3.63) is 38.9 Å². The number of carbonyl (C=O) groups excluding carboxylic acids is 1. The van der Waals surface area contributed by atoms with E-state index in [1.807, 2.05) is 0 Å². The molecule has 10 nitrogen and oxygen atoms in total. The zero-order valence-corrected chi connectivity index (χ0v) is 11.7. The summed E-state index contributed by atoms with van der Waals surface area (Å²) in [4.78, 5) is 26.3. The number of nitrogens with zero attached hydrogens (tertiary/aromatic N) is 6. The van der Waals surface area contributed by atoms with Crippen LogP contribution in [0, 0.1) is 10.1 Å². The summed E-state index contributed by atoms with van der Waals surface area (Å²) in [6.45, 7) is 0. The summed E-state index contributed by atoms with van der Waals surface area (Å²) in [6, 6.07) is 1.10. The lowest BCUT2D eigenvalue weighted by atomic mass is 10.0. The second kappa shape index (κ2) is 5.79. The molecule has 2 aromatic heterocycles. The van der Waals surface area contributed by atoms with E-state index in [0.717, 1.165) is 13.2 Å². The van der Waals surface area contributed by atoms with Crippen LogP contribution in [-0.2, 0) is 16.6 Å². The molecule has 21 heavy (non-hydrogen) atoms. The summed E-state index contributed by atoms with van der Waals surface area (Å²) in [7, 11) is 2.65. The molecule has 110 valence electrons. The first-order valence-corrected chi connectivity index (χ1v) is 5.93. The van der Waals surface area contributed by atoms with Crippen LogP contribution in [-0.4, -0.2) is 43.2 Å². The molecule has 0 saturated heterocycles. The topological polar surface area (TPSA) is 126 Å². The lowest BCUT2D eigenvalue weighted by molar-refractivity contribution is -0.386. The Labute approximate surface area is 122 Å². The number of hydrogen-bond donors (Lipinski definition) is 0. The van der Waals surface area contributed by atoms with Gasteiger partial charge in [0, 0.05) is 19.3 Å². The van der Waals surface area contributed by atoms with Gasteiger partial charge >= 0.3 is 5.97 Å². The lowest BCUT2D eigenvalue weighted by Crippen LogP contribution is -2.22. The second-order valence-corrected chi connectivity index (χ2v) is 4.37. The normalized spacial score (nSPS) is 12.0. The number of rotatable bonds is 4. The Morgan fingerprint density at radius 3 is 2.81 bits per heavy atom. The molecule has 0 aliphatic rings. The van der Waals surface area contributed by atoms with Crippen LogP contribution in [0.25, 0.3) is 0 Å². The zero-order chi connectivity index (χ0) is 15.6. The lowest BCUT2D eigenvalue weighted by Gasteiger charge is -2.12. The molecule has 2 heterocycles. The van der Waals surface area contributed by atoms with E-state index in [2.05, 4.69) is 25.2 Å². The monoisotopic (exact) mass is 312 g/mol. The standard InChI is InChI=1S/C10H9ClN6O4/c1-16-9(13-14-15-16)7(10(18)21-2)8-6(17(19)20)3-5(11)4-12-8/h3-4,7H,1-2H3. The number of esters is 1. The van der Waals surface area contributed by atoms with Crippen molar-refractivity contribution in [2.45, 2.75) is 5.92 Å². The van der Waals surface area contributed by atoms with E-state index in [0.29, 0.717) is 0 Å². The maximum Gasteiger partial charge on any atom is 0.322 e. The molecule has 0 amide bonds. The first-order chi connectivity index (χ1) is 9.95. The minimum atomic E-state index is -1.23. The second-order valence-electron chi connectivity index (χ2n) is 3.93. The molecule has 2 rings (SSSR count). The van der Waals surface area contributed by atoms with Crippen LogP contribution in [0.4, 0.5) is 5.69 Å². The summed E-state index contributed by atoms with van der Waals surface area (Å²) in [5, 5.41) is 21.9. The van der Waals surface area contributed by atoms with E-state index in [1.54, 1.807) is 0 Å². The predicted molar refractivity (Wildman–Crippen MR) is 68.6 cm³/mol. The van der Waals surface area contributed by atoms with Crippen molar-refractivity contribution in [2.75, 3.05) is 7.11 Å². The van der Waals surface area contributed by atoms with Crippen LogP contribution < -0.4 is 0 Å². The molecule has 0 radical (unpaired) electrons. The van der Waals surface area contributed by atoms with Crippen molar-refractivity contribution >= 4 is 23.3 Å². The summed E-state index contributed by atoms with van der Waals surface area (Å²) in [5.74, 6) is -1.93. The number of hydrogen-bond acceptors (Lipinski definition) is 8. The number of halogens is 1. The highest BCUT2D eigenvalue weighted by Gasteiger charge is 2.36. The SMILES string of the molecule is COC(=O)C(c1ncc(Cl)cc1[N+](=O)[O-])c1nnnn1C. The summed E-state index contributed by atoms with van der Waals surface area (Å²) in [5.41, 5.74) is -0.560. The molecular formula is C10H9ClN6O4. The molecule has 1 atom stereocenters. The van der Waals surface area contributed by atoms with Crippen LogP contribution >= 0.6 is 11.6 Å². The predicted octanol–water partition coefficient (Wildman–Crippen LogP) is 0.472. The molecule has 0 bridgehead atoms. The summed E-state index contributed by atoms with van der Waals surface area (Å²) >= 11 is 5.71. The van der Waals surface area contributed by atoms with Gasteiger partial charge in [-0.2, -0.15) is 0 Å². The zero-order valence-electron chi connectivity index (χ0n) is 10.9. The highest BCUT2D eigenvalue weighted by Crippen LogP contribution is 2.31. The minimum Gasteiger partial charge on any atom is -0.468 e. The molecule has 0 N–H and O–H groups in total. The molecule has 0 aliphatic carbocycles. The molecular weight excluding hydrogens is 304 g/mol. The maximum absolute atomic E-state index is 12.0. The van der Waals surface area contributed by atoms with Crippen molar-refractivity contribution in [1.82, 2.24) is 25.2 Å². The van der Waals surface area contributed by atoms with E-state index < -0.39 is 22.5 Å². The largest absolute Gasteiger partial charge is 0.468 e. The number of tetrazole rings is 1. The van der Waals surface area contributed by atoms with Crippen LogP contribution in [0.5, 0.6) is 0 Å². The number of aryl methyl sites for hydroxylation is 1. The highest BCUT2D eigenvalue weighted by molar-refractivity contribution is 6.30. The van der Waals surface area contributed by atoms with Crippen molar-refractivity contribution in [1.29, 1.82) is 0 Å². The van der Waals surface area contributed by atoms with Crippen molar-refractivity contribution in [2.24, 2.45) is 7.05 Å².